The van der Waals surface area contributed by atoms with Gasteiger partial charge in [0.2, 0.25) is 11.8 Å². The van der Waals surface area contributed by atoms with Gasteiger partial charge in [0.1, 0.15) is 5.82 Å². The molecule has 1 aliphatic rings. The van der Waals surface area contributed by atoms with Crippen LogP contribution in [0.2, 0.25) is 0 Å². The van der Waals surface area contributed by atoms with Gasteiger partial charge in [0.25, 0.3) is 0 Å². The monoisotopic (exact) mass is 291 g/mol. The number of aryl methyl sites for hydroxylation is 1. The molecule has 2 atom stereocenters. The first-order chi connectivity index (χ1) is 10.1. The fourth-order valence-corrected chi connectivity index (χ4v) is 2.54. The van der Waals surface area contributed by atoms with Crippen LogP contribution in [0.25, 0.3) is 0 Å². The summed E-state index contributed by atoms with van der Waals surface area (Å²) in [5.41, 5.74) is 0.981. The number of benzene rings is 1. The first-order valence-corrected chi connectivity index (χ1v) is 7.04. The minimum atomic E-state index is -0.235. The minimum Gasteiger partial charge on any atom is -0.424 e. The van der Waals surface area contributed by atoms with Gasteiger partial charge in [-0.15, -0.1) is 10.2 Å². The zero-order valence-electron chi connectivity index (χ0n) is 12.1. The highest BCUT2D eigenvalue weighted by atomic mass is 19.1. The molecule has 21 heavy (non-hydrogen) atoms. The van der Waals surface area contributed by atoms with Crippen molar-refractivity contribution in [1.82, 2.24) is 15.1 Å². The van der Waals surface area contributed by atoms with Crippen LogP contribution in [0.4, 0.5) is 4.39 Å². The Kier molecular flexibility index (Phi) is 3.98. The molecular formula is C15H18FN3O2. The van der Waals surface area contributed by atoms with E-state index in [1.807, 2.05) is 6.92 Å². The Balaban J connectivity index is 1.72. The van der Waals surface area contributed by atoms with E-state index in [1.165, 1.54) is 12.1 Å². The topological polar surface area (TPSA) is 51.4 Å². The van der Waals surface area contributed by atoms with Gasteiger partial charge in [0, 0.05) is 20.0 Å². The number of halogens is 1. The zero-order chi connectivity index (χ0) is 14.8. The van der Waals surface area contributed by atoms with Gasteiger partial charge in [-0.25, -0.2) is 4.39 Å². The maximum Gasteiger partial charge on any atom is 0.233 e. The van der Waals surface area contributed by atoms with E-state index in [1.54, 1.807) is 19.1 Å². The summed E-state index contributed by atoms with van der Waals surface area (Å²) in [4.78, 5) is 2.24. The van der Waals surface area contributed by atoms with Crippen molar-refractivity contribution in [1.29, 1.82) is 0 Å². The number of rotatable bonds is 3. The molecule has 5 nitrogen and oxygen atoms in total. The van der Waals surface area contributed by atoms with Gasteiger partial charge in [-0.1, -0.05) is 12.1 Å². The van der Waals surface area contributed by atoms with Crippen LogP contribution in [0.5, 0.6) is 0 Å². The SMILES string of the molecule is Cc1nnc(C(C)N2CCOC(c3ccc(F)cc3)C2)o1. The van der Waals surface area contributed by atoms with Crippen molar-refractivity contribution in [3.8, 4) is 0 Å². The van der Waals surface area contributed by atoms with Crippen LogP contribution in [-0.2, 0) is 4.74 Å². The third-order valence-electron chi connectivity index (χ3n) is 3.79. The van der Waals surface area contributed by atoms with Crippen molar-refractivity contribution in [3.05, 3.63) is 47.4 Å². The van der Waals surface area contributed by atoms with Crippen molar-refractivity contribution in [2.24, 2.45) is 0 Å². The molecule has 6 heteroatoms. The van der Waals surface area contributed by atoms with Crippen LogP contribution in [0.3, 0.4) is 0 Å². The van der Waals surface area contributed by atoms with Gasteiger partial charge in [-0.3, -0.25) is 4.90 Å². The van der Waals surface area contributed by atoms with Crippen LogP contribution in [-0.4, -0.2) is 34.8 Å². The number of hydrogen-bond donors (Lipinski definition) is 0. The van der Waals surface area contributed by atoms with E-state index in [0.29, 0.717) is 24.9 Å². The fraction of sp³-hybridized carbons (Fsp3) is 0.467. The second-order valence-corrected chi connectivity index (χ2v) is 5.24. The predicted molar refractivity (Wildman–Crippen MR) is 74.1 cm³/mol. The molecular weight excluding hydrogens is 273 g/mol. The highest BCUT2D eigenvalue weighted by molar-refractivity contribution is 5.19. The highest BCUT2D eigenvalue weighted by Crippen LogP contribution is 2.28. The molecule has 0 amide bonds. The summed E-state index contributed by atoms with van der Waals surface area (Å²) in [5, 5.41) is 7.95. The van der Waals surface area contributed by atoms with E-state index in [0.717, 1.165) is 12.1 Å². The molecule has 2 heterocycles. The first-order valence-electron chi connectivity index (χ1n) is 7.04. The number of nitrogens with zero attached hydrogens (tertiary/aromatic N) is 3. The molecule has 2 unspecified atom stereocenters. The second kappa shape index (κ2) is 5.91. The zero-order valence-corrected chi connectivity index (χ0v) is 12.1. The summed E-state index contributed by atoms with van der Waals surface area (Å²) in [6.45, 7) is 5.97. The number of ether oxygens (including phenoxy) is 1. The third-order valence-corrected chi connectivity index (χ3v) is 3.79. The van der Waals surface area contributed by atoms with E-state index >= 15 is 0 Å². The molecule has 112 valence electrons. The van der Waals surface area contributed by atoms with E-state index in [4.69, 9.17) is 9.15 Å². The van der Waals surface area contributed by atoms with Crippen molar-refractivity contribution in [3.63, 3.8) is 0 Å². The minimum absolute atomic E-state index is 0.0399. The van der Waals surface area contributed by atoms with Gasteiger partial charge in [0.05, 0.1) is 18.8 Å². The van der Waals surface area contributed by atoms with E-state index < -0.39 is 0 Å². The molecule has 1 aromatic heterocycles. The van der Waals surface area contributed by atoms with Gasteiger partial charge >= 0.3 is 0 Å². The molecule has 1 fully saturated rings. The Morgan fingerprint density at radius 1 is 1.29 bits per heavy atom. The molecule has 3 rings (SSSR count). The summed E-state index contributed by atoms with van der Waals surface area (Å²) in [5.74, 6) is 0.952. The molecule has 2 aromatic rings. The Morgan fingerprint density at radius 3 is 2.71 bits per heavy atom. The van der Waals surface area contributed by atoms with Crippen LogP contribution in [0.15, 0.2) is 28.7 Å². The van der Waals surface area contributed by atoms with E-state index in [9.17, 15) is 4.39 Å². The lowest BCUT2D eigenvalue weighted by Crippen LogP contribution is -2.40. The summed E-state index contributed by atoms with van der Waals surface area (Å²) in [7, 11) is 0. The Labute approximate surface area is 122 Å². The lowest BCUT2D eigenvalue weighted by molar-refractivity contribution is -0.0464. The largest absolute Gasteiger partial charge is 0.424 e. The fourth-order valence-electron chi connectivity index (χ4n) is 2.54. The molecule has 1 aromatic carbocycles. The van der Waals surface area contributed by atoms with Gasteiger partial charge in [-0.05, 0) is 24.6 Å². The van der Waals surface area contributed by atoms with E-state index in [2.05, 4.69) is 15.1 Å². The Hall–Kier alpha value is -1.79. The summed E-state index contributed by atoms with van der Waals surface area (Å²) in [6, 6.07) is 6.50. The van der Waals surface area contributed by atoms with E-state index in [-0.39, 0.29) is 18.0 Å². The quantitative estimate of drug-likeness (QED) is 0.870. The van der Waals surface area contributed by atoms with Gasteiger partial charge < -0.3 is 9.15 Å². The van der Waals surface area contributed by atoms with Crippen molar-refractivity contribution in [2.45, 2.75) is 26.0 Å². The van der Waals surface area contributed by atoms with Crippen LogP contribution >= 0.6 is 0 Å². The average Bonchev–Trinajstić information content (AvgIpc) is 2.94. The molecule has 0 bridgehead atoms. The molecule has 1 aliphatic heterocycles. The smallest absolute Gasteiger partial charge is 0.233 e. The lowest BCUT2D eigenvalue weighted by atomic mass is 10.1. The lowest BCUT2D eigenvalue weighted by Gasteiger charge is -2.35. The van der Waals surface area contributed by atoms with Gasteiger partial charge in [0.15, 0.2) is 0 Å². The Bertz CT molecular complexity index is 599. The molecule has 0 N–H and O–H groups in total. The van der Waals surface area contributed by atoms with Gasteiger partial charge in [-0.2, -0.15) is 0 Å². The maximum atomic E-state index is 13.0. The van der Waals surface area contributed by atoms with Crippen LogP contribution < -0.4 is 0 Å². The standard InChI is InChI=1S/C15H18FN3O2/c1-10(15-18-17-11(2)21-15)19-7-8-20-14(9-19)12-3-5-13(16)6-4-12/h3-6,10,14H,7-9H2,1-2H3. The number of morpholine rings is 1. The normalized spacial score (nSPS) is 21.4. The third kappa shape index (κ3) is 3.11. The summed E-state index contributed by atoms with van der Waals surface area (Å²) < 4.78 is 24.3. The first kappa shape index (κ1) is 14.2. The van der Waals surface area contributed by atoms with Crippen LogP contribution in [0, 0.1) is 12.7 Å². The molecule has 0 aliphatic carbocycles. The molecule has 0 radical (unpaired) electrons. The molecule has 0 saturated carbocycles. The highest BCUT2D eigenvalue weighted by Gasteiger charge is 2.28. The van der Waals surface area contributed by atoms with Crippen molar-refractivity contribution in [2.75, 3.05) is 19.7 Å². The van der Waals surface area contributed by atoms with Crippen molar-refractivity contribution >= 4 is 0 Å². The molecule has 1 saturated heterocycles. The number of aromatic nitrogens is 2. The van der Waals surface area contributed by atoms with Crippen molar-refractivity contribution < 1.29 is 13.5 Å². The maximum absolute atomic E-state index is 13.0. The predicted octanol–water partition coefficient (Wildman–Crippen LogP) is 2.65. The second-order valence-electron chi connectivity index (χ2n) is 5.24. The summed E-state index contributed by atoms with van der Waals surface area (Å²) in [6.07, 6.45) is -0.0641. The van der Waals surface area contributed by atoms with Crippen LogP contribution in [0.1, 0.15) is 36.4 Å². The Morgan fingerprint density at radius 2 is 2.05 bits per heavy atom. The average molecular weight is 291 g/mol. The number of hydrogen-bond acceptors (Lipinski definition) is 5. The summed E-state index contributed by atoms with van der Waals surface area (Å²) >= 11 is 0. The molecule has 0 spiro atoms.